The van der Waals surface area contributed by atoms with Crippen LogP contribution in [0.4, 0.5) is 11.5 Å². The molecule has 0 radical (unpaired) electrons. The van der Waals surface area contributed by atoms with E-state index in [4.69, 9.17) is 19.4 Å². The molecule has 1 atom stereocenters. The molecule has 160 valence electrons. The maximum atomic E-state index is 13.7. The average Bonchev–Trinajstić information content (AvgIpc) is 3.29. The first kappa shape index (κ1) is 18.8. The van der Waals surface area contributed by atoms with Crippen molar-refractivity contribution in [1.82, 2.24) is 15.0 Å². The van der Waals surface area contributed by atoms with Gasteiger partial charge >= 0.3 is 0 Å². The second kappa shape index (κ2) is 7.03. The van der Waals surface area contributed by atoms with Crippen LogP contribution in [0.2, 0.25) is 0 Å². The first-order chi connectivity index (χ1) is 15.2. The third-order valence-electron chi connectivity index (χ3n) is 6.77. The number of aromatic amines is 1. The van der Waals surface area contributed by atoms with Gasteiger partial charge in [-0.15, -0.1) is 0 Å². The minimum Gasteiger partial charge on any atom is -0.381 e. The fourth-order valence-corrected chi connectivity index (χ4v) is 5.09. The summed E-state index contributed by atoms with van der Waals surface area (Å²) in [6.45, 7) is 4.86. The number of morpholine rings is 1. The Morgan fingerprint density at radius 3 is 2.90 bits per heavy atom. The average molecular weight is 419 g/mol. The van der Waals surface area contributed by atoms with Crippen molar-refractivity contribution in [2.24, 2.45) is 0 Å². The van der Waals surface area contributed by atoms with E-state index < -0.39 is 5.54 Å². The number of nitrogens with zero attached hydrogens (tertiary/aromatic N) is 4. The van der Waals surface area contributed by atoms with Gasteiger partial charge in [-0.3, -0.25) is 4.79 Å². The summed E-state index contributed by atoms with van der Waals surface area (Å²) in [5, 5.41) is 1.08. The van der Waals surface area contributed by atoms with Crippen LogP contribution in [0.1, 0.15) is 19.8 Å². The van der Waals surface area contributed by atoms with Gasteiger partial charge in [0.1, 0.15) is 11.2 Å². The Kier molecular flexibility index (Phi) is 4.26. The van der Waals surface area contributed by atoms with Gasteiger partial charge in [-0.2, -0.15) is 0 Å². The lowest BCUT2D eigenvalue weighted by Crippen LogP contribution is -2.69. The number of benzene rings is 1. The molecule has 0 spiro atoms. The SMILES string of the molecule is C[C@@]12COCCN1c1nc(-c3cccc4[nH]ccc34)ncc1N(C1CCOCC1)C2=O. The predicted molar refractivity (Wildman–Crippen MR) is 117 cm³/mol. The van der Waals surface area contributed by atoms with E-state index in [2.05, 4.69) is 9.88 Å². The minimum absolute atomic E-state index is 0.0655. The molecule has 3 aliphatic rings. The molecular weight excluding hydrogens is 394 g/mol. The summed E-state index contributed by atoms with van der Waals surface area (Å²) in [5.41, 5.74) is 2.05. The molecule has 3 aliphatic heterocycles. The molecule has 1 aromatic carbocycles. The topological polar surface area (TPSA) is 83.6 Å². The number of carbonyl (C=O) groups excluding carboxylic acids is 1. The van der Waals surface area contributed by atoms with E-state index in [1.807, 2.05) is 48.5 Å². The fourth-order valence-electron chi connectivity index (χ4n) is 5.09. The second-order valence-electron chi connectivity index (χ2n) is 8.64. The quantitative estimate of drug-likeness (QED) is 0.688. The number of amides is 1. The van der Waals surface area contributed by atoms with Crippen LogP contribution in [-0.4, -0.2) is 65.4 Å². The molecular formula is C23H25N5O3. The largest absolute Gasteiger partial charge is 0.381 e. The van der Waals surface area contributed by atoms with Gasteiger partial charge in [-0.05, 0) is 31.9 Å². The summed E-state index contributed by atoms with van der Waals surface area (Å²) in [4.78, 5) is 30.8. The van der Waals surface area contributed by atoms with E-state index in [1.54, 1.807) is 0 Å². The molecule has 0 unspecified atom stereocenters. The van der Waals surface area contributed by atoms with Crippen molar-refractivity contribution in [2.45, 2.75) is 31.3 Å². The van der Waals surface area contributed by atoms with Crippen molar-refractivity contribution in [3.63, 3.8) is 0 Å². The van der Waals surface area contributed by atoms with E-state index in [-0.39, 0.29) is 11.9 Å². The molecule has 5 heterocycles. The minimum atomic E-state index is -0.769. The zero-order valence-corrected chi connectivity index (χ0v) is 17.5. The van der Waals surface area contributed by atoms with Gasteiger partial charge in [0.2, 0.25) is 0 Å². The summed E-state index contributed by atoms with van der Waals surface area (Å²) in [6, 6.07) is 8.23. The normalized spacial score (nSPS) is 24.4. The Morgan fingerprint density at radius 2 is 2.03 bits per heavy atom. The Hall–Kier alpha value is -2.97. The highest BCUT2D eigenvalue weighted by atomic mass is 16.5. The lowest BCUT2D eigenvalue weighted by Gasteiger charge is -2.52. The Balaban J connectivity index is 1.52. The number of ether oxygens (including phenoxy) is 2. The van der Waals surface area contributed by atoms with Gasteiger partial charge in [0.25, 0.3) is 5.91 Å². The number of hydrogen-bond donors (Lipinski definition) is 1. The monoisotopic (exact) mass is 419 g/mol. The summed E-state index contributed by atoms with van der Waals surface area (Å²) >= 11 is 0. The second-order valence-corrected chi connectivity index (χ2v) is 8.64. The van der Waals surface area contributed by atoms with Crippen LogP contribution in [-0.2, 0) is 14.3 Å². The zero-order chi connectivity index (χ0) is 21.0. The number of H-pyrrole nitrogens is 1. The summed E-state index contributed by atoms with van der Waals surface area (Å²) < 4.78 is 11.3. The maximum Gasteiger partial charge on any atom is 0.255 e. The number of anilines is 2. The number of aromatic nitrogens is 3. The fraction of sp³-hybridized carbons (Fsp3) is 0.435. The van der Waals surface area contributed by atoms with Gasteiger partial charge in [0, 0.05) is 48.5 Å². The number of nitrogens with one attached hydrogen (secondary N) is 1. The van der Waals surface area contributed by atoms with Crippen LogP contribution in [0.3, 0.4) is 0 Å². The van der Waals surface area contributed by atoms with E-state index in [1.165, 1.54) is 0 Å². The Morgan fingerprint density at radius 1 is 1.16 bits per heavy atom. The molecule has 3 aromatic rings. The standard InChI is InChI=1S/C23H25N5O3/c1-23-14-31-12-9-27(23)21-19(28(22(23)29)15-6-10-30-11-7-15)13-25-20(26-21)17-3-2-4-18-16(17)5-8-24-18/h2-5,8,13,15,24H,6-7,9-12,14H2,1H3/t23-/m0/s1. The Bertz CT molecular complexity index is 1160. The first-order valence-electron chi connectivity index (χ1n) is 10.9. The molecule has 8 heteroatoms. The van der Waals surface area contributed by atoms with Crippen molar-refractivity contribution >= 4 is 28.3 Å². The van der Waals surface area contributed by atoms with Crippen molar-refractivity contribution in [1.29, 1.82) is 0 Å². The molecule has 0 bridgehead atoms. The van der Waals surface area contributed by atoms with Crippen LogP contribution in [0.15, 0.2) is 36.7 Å². The van der Waals surface area contributed by atoms with E-state index >= 15 is 0 Å². The van der Waals surface area contributed by atoms with Gasteiger partial charge in [-0.1, -0.05) is 12.1 Å². The molecule has 1 N–H and O–H groups in total. The highest BCUT2D eigenvalue weighted by Crippen LogP contribution is 2.43. The molecule has 2 aromatic heterocycles. The molecule has 6 rings (SSSR count). The zero-order valence-electron chi connectivity index (χ0n) is 17.5. The maximum absolute atomic E-state index is 13.7. The number of fused-ring (bicyclic) bond motifs is 4. The highest BCUT2D eigenvalue weighted by Gasteiger charge is 2.52. The molecule has 8 nitrogen and oxygen atoms in total. The van der Waals surface area contributed by atoms with Gasteiger partial charge in [-0.25, -0.2) is 9.97 Å². The smallest absolute Gasteiger partial charge is 0.255 e. The lowest BCUT2D eigenvalue weighted by molar-refractivity contribution is -0.128. The van der Waals surface area contributed by atoms with Crippen molar-refractivity contribution in [2.75, 3.05) is 42.8 Å². The van der Waals surface area contributed by atoms with Crippen molar-refractivity contribution in [3.05, 3.63) is 36.7 Å². The number of carbonyl (C=O) groups is 1. The van der Waals surface area contributed by atoms with Crippen molar-refractivity contribution < 1.29 is 14.3 Å². The van der Waals surface area contributed by atoms with E-state index in [9.17, 15) is 4.79 Å². The third kappa shape index (κ3) is 2.78. The molecule has 2 saturated heterocycles. The van der Waals surface area contributed by atoms with E-state index in [0.717, 1.165) is 40.8 Å². The van der Waals surface area contributed by atoms with Crippen molar-refractivity contribution in [3.8, 4) is 11.4 Å². The summed E-state index contributed by atoms with van der Waals surface area (Å²) in [5.74, 6) is 1.55. The molecule has 31 heavy (non-hydrogen) atoms. The van der Waals surface area contributed by atoms with Crippen LogP contribution in [0.25, 0.3) is 22.3 Å². The molecule has 0 aliphatic carbocycles. The van der Waals surface area contributed by atoms with Gasteiger partial charge in [0.15, 0.2) is 11.6 Å². The van der Waals surface area contributed by atoms with Crippen LogP contribution >= 0.6 is 0 Å². The molecule has 1 amide bonds. The Labute approximate surface area is 180 Å². The lowest BCUT2D eigenvalue weighted by atomic mass is 9.91. The van der Waals surface area contributed by atoms with Crippen LogP contribution < -0.4 is 9.80 Å². The predicted octanol–water partition coefficient (Wildman–Crippen LogP) is 2.75. The summed E-state index contributed by atoms with van der Waals surface area (Å²) in [6.07, 6.45) is 5.38. The highest BCUT2D eigenvalue weighted by molar-refractivity contribution is 6.08. The summed E-state index contributed by atoms with van der Waals surface area (Å²) in [7, 11) is 0. The van der Waals surface area contributed by atoms with Gasteiger partial charge < -0.3 is 24.3 Å². The van der Waals surface area contributed by atoms with Gasteiger partial charge in [0.05, 0.1) is 19.4 Å². The molecule has 2 fully saturated rings. The number of hydrogen-bond acceptors (Lipinski definition) is 6. The van der Waals surface area contributed by atoms with Crippen LogP contribution in [0.5, 0.6) is 0 Å². The number of rotatable bonds is 2. The first-order valence-corrected chi connectivity index (χ1v) is 10.9. The molecule has 0 saturated carbocycles. The van der Waals surface area contributed by atoms with E-state index in [0.29, 0.717) is 38.8 Å². The third-order valence-corrected chi connectivity index (χ3v) is 6.77. The van der Waals surface area contributed by atoms with Crippen LogP contribution in [0, 0.1) is 0 Å².